The first kappa shape index (κ1) is 14.6. The summed E-state index contributed by atoms with van der Waals surface area (Å²) in [6.07, 6.45) is -4.49. The molecule has 0 unspecified atom stereocenters. The molecule has 0 aliphatic heterocycles. The normalized spacial score (nSPS) is 11.4. The number of halogens is 4. The summed E-state index contributed by atoms with van der Waals surface area (Å²) in [5.41, 5.74) is 4.63. The highest BCUT2D eigenvalue weighted by atomic mass is 35.5. The lowest BCUT2D eigenvalue weighted by molar-refractivity contribution is -0.137. The minimum Gasteiger partial charge on any atom is -0.375 e. The smallest absolute Gasteiger partial charge is 0.375 e. The molecular weight excluding hydrogens is 315 g/mol. The van der Waals surface area contributed by atoms with Gasteiger partial charge in [-0.1, -0.05) is 11.6 Å². The molecule has 2 rings (SSSR count). The molecule has 1 aromatic heterocycles. The van der Waals surface area contributed by atoms with Gasteiger partial charge in [-0.05, 0) is 18.2 Å². The lowest BCUT2D eigenvalue weighted by atomic mass is 10.2. The van der Waals surface area contributed by atoms with Crippen molar-refractivity contribution in [3.8, 4) is 0 Å². The Morgan fingerprint density at radius 3 is 2.60 bits per heavy atom. The SMILES string of the molecule is Nc1nc(C(=O)Nc2ccc(C(F)(F)F)cc2Cl)cs1. The van der Waals surface area contributed by atoms with Crippen molar-refractivity contribution in [1.29, 1.82) is 0 Å². The summed E-state index contributed by atoms with van der Waals surface area (Å²) < 4.78 is 37.4. The molecule has 2 aromatic rings. The Morgan fingerprint density at radius 2 is 2.10 bits per heavy atom. The molecule has 3 N–H and O–H groups in total. The van der Waals surface area contributed by atoms with E-state index in [0.29, 0.717) is 0 Å². The van der Waals surface area contributed by atoms with E-state index in [1.807, 2.05) is 0 Å². The second-order valence-corrected chi connectivity index (χ2v) is 5.01. The number of thiazole rings is 1. The number of nitrogens with zero attached hydrogens (tertiary/aromatic N) is 1. The summed E-state index contributed by atoms with van der Waals surface area (Å²) in [6, 6.07) is 2.66. The van der Waals surface area contributed by atoms with Gasteiger partial charge in [-0.25, -0.2) is 4.98 Å². The van der Waals surface area contributed by atoms with Gasteiger partial charge in [0.15, 0.2) is 5.13 Å². The van der Waals surface area contributed by atoms with E-state index in [1.165, 1.54) is 5.38 Å². The van der Waals surface area contributed by atoms with Crippen LogP contribution in [0.1, 0.15) is 16.1 Å². The summed E-state index contributed by atoms with van der Waals surface area (Å²) in [7, 11) is 0. The Hall–Kier alpha value is -1.80. The van der Waals surface area contributed by atoms with E-state index in [0.717, 1.165) is 29.5 Å². The van der Waals surface area contributed by atoms with E-state index in [4.69, 9.17) is 17.3 Å². The van der Waals surface area contributed by atoms with Gasteiger partial charge in [0.2, 0.25) is 0 Å². The van der Waals surface area contributed by atoms with Crippen molar-refractivity contribution in [1.82, 2.24) is 4.98 Å². The molecule has 0 atom stereocenters. The number of hydrogen-bond donors (Lipinski definition) is 2. The molecule has 0 saturated carbocycles. The van der Waals surface area contributed by atoms with E-state index in [2.05, 4.69) is 10.3 Å². The third-order valence-electron chi connectivity index (χ3n) is 2.30. The number of nitrogens with two attached hydrogens (primary N) is 1. The van der Waals surface area contributed by atoms with Crippen molar-refractivity contribution in [2.24, 2.45) is 0 Å². The molecule has 1 amide bonds. The molecule has 0 fully saturated rings. The van der Waals surface area contributed by atoms with Crippen LogP contribution in [0.2, 0.25) is 5.02 Å². The average molecular weight is 322 g/mol. The Kier molecular flexibility index (Phi) is 3.87. The monoisotopic (exact) mass is 321 g/mol. The van der Waals surface area contributed by atoms with Gasteiger partial charge >= 0.3 is 6.18 Å². The maximum absolute atomic E-state index is 12.5. The molecule has 20 heavy (non-hydrogen) atoms. The number of nitrogen functional groups attached to an aromatic ring is 1. The standard InChI is InChI=1S/C11H7ClF3N3OS/c12-6-3-5(11(13,14)15)1-2-7(6)17-9(19)8-4-20-10(16)18-8/h1-4H,(H2,16,18)(H,17,19). The van der Waals surface area contributed by atoms with E-state index >= 15 is 0 Å². The van der Waals surface area contributed by atoms with Crippen LogP contribution in [0.5, 0.6) is 0 Å². The van der Waals surface area contributed by atoms with E-state index < -0.39 is 17.6 Å². The Bertz CT molecular complexity index is 657. The summed E-state index contributed by atoms with van der Waals surface area (Å²) >= 11 is 6.79. The van der Waals surface area contributed by atoms with Crippen LogP contribution >= 0.6 is 22.9 Å². The molecule has 1 aromatic carbocycles. The molecule has 9 heteroatoms. The van der Waals surface area contributed by atoms with Crippen molar-refractivity contribution in [2.45, 2.75) is 6.18 Å². The van der Waals surface area contributed by atoms with Gasteiger partial charge in [0.25, 0.3) is 5.91 Å². The Labute approximate surface area is 120 Å². The summed E-state index contributed by atoms with van der Waals surface area (Å²) in [4.78, 5) is 15.5. The number of carbonyl (C=O) groups is 1. The minimum atomic E-state index is -4.49. The van der Waals surface area contributed by atoms with Crippen molar-refractivity contribution in [3.63, 3.8) is 0 Å². The van der Waals surface area contributed by atoms with Crippen molar-refractivity contribution < 1.29 is 18.0 Å². The molecule has 0 saturated heterocycles. The zero-order valence-corrected chi connectivity index (χ0v) is 11.2. The van der Waals surface area contributed by atoms with Crippen LogP contribution in [-0.4, -0.2) is 10.9 Å². The number of hydrogen-bond acceptors (Lipinski definition) is 4. The number of anilines is 2. The maximum Gasteiger partial charge on any atom is 0.416 e. The third-order valence-corrected chi connectivity index (χ3v) is 3.29. The number of benzene rings is 1. The largest absolute Gasteiger partial charge is 0.416 e. The summed E-state index contributed by atoms with van der Waals surface area (Å²) in [5.74, 6) is -0.598. The molecule has 4 nitrogen and oxygen atoms in total. The van der Waals surface area contributed by atoms with Crippen LogP contribution in [0.3, 0.4) is 0 Å². The van der Waals surface area contributed by atoms with Gasteiger partial charge in [0, 0.05) is 5.38 Å². The van der Waals surface area contributed by atoms with E-state index in [-0.39, 0.29) is 21.5 Å². The van der Waals surface area contributed by atoms with Gasteiger partial charge < -0.3 is 11.1 Å². The highest BCUT2D eigenvalue weighted by molar-refractivity contribution is 7.13. The predicted molar refractivity (Wildman–Crippen MR) is 70.9 cm³/mol. The highest BCUT2D eigenvalue weighted by Gasteiger charge is 2.31. The van der Waals surface area contributed by atoms with Gasteiger partial charge in [0.1, 0.15) is 5.69 Å². The van der Waals surface area contributed by atoms with Gasteiger partial charge in [-0.2, -0.15) is 13.2 Å². The van der Waals surface area contributed by atoms with Crippen molar-refractivity contribution in [2.75, 3.05) is 11.1 Å². The zero-order chi connectivity index (χ0) is 14.9. The van der Waals surface area contributed by atoms with Crippen LogP contribution in [-0.2, 0) is 6.18 Å². The topological polar surface area (TPSA) is 68.0 Å². The zero-order valence-electron chi connectivity index (χ0n) is 9.66. The fourth-order valence-corrected chi connectivity index (χ4v) is 2.14. The molecule has 0 radical (unpaired) electrons. The maximum atomic E-state index is 12.5. The number of aromatic nitrogens is 1. The third kappa shape index (κ3) is 3.20. The molecule has 0 aliphatic carbocycles. The first-order valence-corrected chi connectivity index (χ1v) is 6.42. The van der Waals surface area contributed by atoms with Crippen LogP contribution in [0.25, 0.3) is 0 Å². The van der Waals surface area contributed by atoms with Gasteiger partial charge in [0.05, 0.1) is 16.3 Å². The van der Waals surface area contributed by atoms with E-state index in [9.17, 15) is 18.0 Å². The molecule has 0 bridgehead atoms. The summed E-state index contributed by atoms with van der Waals surface area (Å²) in [6.45, 7) is 0. The molecule has 1 heterocycles. The molecule has 0 spiro atoms. The average Bonchev–Trinajstić information content (AvgIpc) is 2.77. The van der Waals surface area contributed by atoms with Crippen LogP contribution in [0.15, 0.2) is 23.6 Å². The van der Waals surface area contributed by atoms with Crippen LogP contribution in [0, 0.1) is 0 Å². The number of alkyl halides is 3. The fraction of sp³-hybridized carbons (Fsp3) is 0.0909. The van der Waals surface area contributed by atoms with Crippen LogP contribution < -0.4 is 11.1 Å². The highest BCUT2D eigenvalue weighted by Crippen LogP contribution is 2.33. The number of amides is 1. The fourth-order valence-electron chi connectivity index (χ4n) is 1.37. The number of rotatable bonds is 2. The first-order valence-electron chi connectivity index (χ1n) is 5.16. The molecular formula is C11H7ClF3N3OS. The number of nitrogens with one attached hydrogen (secondary N) is 1. The van der Waals surface area contributed by atoms with Gasteiger partial charge in [-0.15, -0.1) is 11.3 Å². The van der Waals surface area contributed by atoms with E-state index in [1.54, 1.807) is 0 Å². The molecule has 0 aliphatic rings. The lowest BCUT2D eigenvalue weighted by Crippen LogP contribution is -2.13. The van der Waals surface area contributed by atoms with Gasteiger partial charge in [-0.3, -0.25) is 4.79 Å². The predicted octanol–water partition coefficient (Wildman–Crippen LogP) is 3.65. The minimum absolute atomic E-state index is 0.0660. The van der Waals surface area contributed by atoms with Crippen molar-refractivity contribution >= 4 is 39.7 Å². The summed E-state index contributed by atoms with van der Waals surface area (Å²) in [5, 5.41) is 3.81. The first-order chi connectivity index (χ1) is 9.27. The number of carbonyl (C=O) groups excluding carboxylic acids is 1. The Balaban J connectivity index is 2.20. The quantitative estimate of drug-likeness (QED) is 0.887. The Morgan fingerprint density at radius 1 is 1.40 bits per heavy atom. The second kappa shape index (κ2) is 5.29. The van der Waals surface area contributed by atoms with Crippen LogP contribution in [0.4, 0.5) is 24.0 Å². The lowest BCUT2D eigenvalue weighted by Gasteiger charge is -2.10. The second-order valence-electron chi connectivity index (χ2n) is 3.72. The van der Waals surface area contributed by atoms with Crippen molar-refractivity contribution in [3.05, 3.63) is 39.9 Å². The molecule has 106 valence electrons.